The Morgan fingerprint density at radius 3 is 2.69 bits per heavy atom. The molecule has 1 aromatic carbocycles. The highest BCUT2D eigenvalue weighted by Crippen LogP contribution is 2.31. The molecule has 0 amide bonds. The van der Waals surface area contributed by atoms with Gasteiger partial charge in [0, 0.05) is 12.1 Å². The van der Waals surface area contributed by atoms with Gasteiger partial charge in [-0.2, -0.15) is 0 Å². The summed E-state index contributed by atoms with van der Waals surface area (Å²) < 4.78 is 5.79. The quantitative estimate of drug-likeness (QED) is 0.690. The van der Waals surface area contributed by atoms with Crippen LogP contribution < -0.4 is 4.74 Å². The monoisotopic (exact) mass is 371 g/mol. The van der Waals surface area contributed by atoms with Crippen LogP contribution in [0.1, 0.15) is 40.3 Å². The van der Waals surface area contributed by atoms with Gasteiger partial charge >= 0.3 is 5.97 Å². The Balaban J connectivity index is 2.13. The molecular formula is C19H21N3O3S. The minimum atomic E-state index is -0.957. The number of aromatic carboxylic acids is 1. The van der Waals surface area contributed by atoms with Crippen LogP contribution in [0.5, 0.6) is 5.75 Å². The topological polar surface area (TPSA) is 84.1 Å². The fraction of sp³-hybridized carbons (Fsp3) is 0.263. The molecule has 26 heavy (non-hydrogen) atoms. The Morgan fingerprint density at radius 2 is 2.12 bits per heavy atom. The van der Waals surface area contributed by atoms with Gasteiger partial charge in [-0.1, -0.05) is 17.9 Å². The van der Waals surface area contributed by atoms with Crippen molar-refractivity contribution >= 4 is 40.6 Å². The number of hydrogen-bond acceptors (Lipinski definition) is 6. The number of aliphatic imine (C=N–C) groups is 2. The number of aryl methyl sites for hydroxylation is 1. The molecule has 6 nitrogen and oxygen atoms in total. The zero-order valence-electron chi connectivity index (χ0n) is 15.1. The van der Waals surface area contributed by atoms with E-state index in [2.05, 4.69) is 28.3 Å². The van der Waals surface area contributed by atoms with E-state index in [1.165, 1.54) is 17.4 Å². The number of benzene rings is 1. The molecule has 1 N–H and O–H groups in total. The smallest absolute Gasteiger partial charge is 0.335 e. The molecule has 0 radical (unpaired) electrons. The summed E-state index contributed by atoms with van der Waals surface area (Å²) in [5.74, 6) is -0.309. The van der Waals surface area contributed by atoms with Crippen LogP contribution in [0.15, 0.2) is 34.8 Å². The highest BCUT2D eigenvalue weighted by molar-refractivity contribution is 7.16. The van der Waals surface area contributed by atoms with Crippen LogP contribution in [-0.4, -0.2) is 35.1 Å². The Morgan fingerprint density at radius 1 is 1.38 bits per heavy atom. The van der Waals surface area contributed by atoms with E-state index < -0.39 is 5.97 Å². The molecule has 1 aromatic heterocycles. The van der Waals surface area contributed by atoms with E-state index in [-0.39, 0.29) is 5.56 Å². The average molecular weight is 371 g/mol. The molecule has 0 saturated heterocycles. The number of carboxylic acids is 1. The average Bonchev–Trinajstić information content (AvgIpc) is 2.97. The third-order valence-corrected chi connectivity index (χ3v) is 4.52. The van der Waals surface area contributed by atoms with Gasteiger partial charge in [0.05, 0.1) is 28.4 Å². The molecule has 136 valence electrons. The molecule has 2 rings (SSSR count). The van der Waals surface area contributed by atoms with E-state index in [1.54, 1.807) is 12.1 Å². The van der Waals surface area contributed by atoms with Crippen LogP contribution in [0.25, 0.3) is 5.70 Å². The van der Waals surface area contributed by atoms with Gasteiger partial charge in [0.15, 0.2) is 0 Å². The van der Waals surface area contributed by atoms with Crippen molar-refractivity contribution in [1.82, 2.24) is 4.98 Å². The van der Waals surface area contributed by atoms with E-state index in [0.717, 1.165) is 21.8 Å². The van der Waals surface area contributed by atoms with Crippen molar-refractivity contribution in [1.29, 1.82) is 0 Å². The van der Waals surface area contributed by atoms with Gasteiger partial charge in [-0.3, -0.25) is 4.99 Å². The minimum absolute atomic E-state index is 0.238. The summed E-state index contributed by atoms with van der Waals surface area (Å²) in [5, 5.41) is 9.67. The zero-order chi connectivity index (χ0) is 19.3. The van der Waals surface area contributed by atoms with Gasteiger partial charge in [-0.05, 0) is 51.3 Å². The molecule has 0 aliphatic rings. The lowest BCUT2D eigenvalue weighted by atomic mass is 10.1. The second-order valence-corrected chi connectivity index (χ2v) is 6.80. The largest absolute Gasteiger partial charge is 0.493 e. The molecule has 0 unspecified atom stereocenters. The minimum Gasteiger partial charge on any atom is -0.493 e. The van der Waals surface area contributed by atoms with E-state index in [9.17, 15) is 4.79 Å². The molecule has 7 heteroatoms. The Hall–Kier alpha value is -2.80. The standard InChI is InChI=1S/C19H21N3O3S/c1-11(2)21-19-22-15(17(26-19)13(4)20-5)8-9-25-16-7-6-14(18(23)24)10-12(16)3/h6-7,10H,4-5,8-9H2,1-3H3,(H,23,24). The fourth-order valence-corrected chi connectivity index (χ4v) is 3.26. The van der Waals surface area contributed by atoms with E-state index in [1.807, 2.05) is 20.8 Å². The number of carbonyl (C=O) groups is 1. The summed E-state index contributed by atoms with van der Waals surface area (Å²) in [6.07, 6.45) is 0.554. The van der Waals surface area contributed by atoms with Gasteiger partial charge in [0.25, 0.3) is 0 Å². The third kappa shape index (κ3) is 4.86. The molecule has 2 aromatic rings. The maximum absolute atomic E-state index is 11.0. The number of thiazole rings is 1. The first-order chi connectivity index (χ1) is 12.3. The van der Waals surface area contributed by atoms with Crippen LogP contribution in [0.4, 0.5) is 5.13 Å². The lowest BCUT2D eigenvalue weighted by Gasteiger charge is -2.09. The van der Waals surface area contributed by atoms with Crippen LogP contribution in [-0.2, 0) is 6.42 Å². The summed E-state index contributed by atoms with van der Waals surface area (Å²) >= 11 is 1.42. The predicted octanol–water partition coefficient (Wildman–Crippen LogP) is 4.55. The molecule has 0 saturated carbocycles. The first-order valence-electron chi connectivity index (χ1n) is 7.96. The van der Waals surface area contributed by atoms with E-state index >= 15 is 0 Å². The zero-order valence-corrected chi connectivity index (χ0v) is 15.9. The SMILES string of the molecule is C=NC(=C)c1sc(N=C(C)C)nc1CCOc1ccc(C(=O)O)cc1C. The summed E-state index contributed by atoms with van der Waals surface area (Å²) in [5.41, 5.74) is 3.30. The van der Waals surface area contributed by atoms with Crippen molar-refractivity contribution in [3.05, 3.63) is 46.5 Å². The van der Waals surface area contributed by atoms with Crippen molar-refractivity contribution in [2.75, 3.05) is 6.61 Å². The van der Waals surface area contributed by atoms with Gasteiger partial charge < -0.3 is 9.84 Å². The second-order valence-electron chi connectivity index (χ2n) is 5.82. The number of hydrogen-bond donors (Lipinski definition) is 1. The first kappa shape index (κ1) is 19.5. The third-order valence-electron chi connectivity index (χ3n) is 3.48. The second kappa shape index (κ2) is 8.53. The van der Waals surface area contributed by atoms with Crippen LogP contribution in [0.2, 0.25) is 0 Å². The van der Waals surface area contributed by atoms with Crippen molar-refractivity contribution in [3.63, 3.8) is 0 Å². The van der Waals surface area contributed by atoms with Crippen molar-refractivity contribution < 1.29 is 14.6 Å². The van der Waals surface area contributed by atoms with Gasteiger partial charge in [-0.15, -0.1) is 0 Å². The van der Waals surface area contributed by atoms with E-state index in [4.69, 9.17) is 9.84 Å². The lowest BCUT2D eigenvalue weighted by Crippen LogP contribution is -2.05. The predicted molar refractivity (Wildman–Crippen MR) is 106 cm³/mol. The van der Waals surface area contributed by atoms with Gasteiger partial charge in [0.2, 0.25) is 5.13 Å². The van der Waals surface area contributed by atoms with Crippen LogP contribution in [0, 0.1) is 6.92 Å². The highest BCUT2D eigenvalue weighted by atomic mass is 32.1. The molecule has 0 spiro atoms. The van der Waals surface area contributed by atoms with E-state index in [0.29, 0.717) is 29.6 Å². The fourth-order valence-electron chi connectivity index (χ4n) is 2.25. The van der Waals surface area contributed by atoms with Crippen LogP contribution in [0.3, 0.4) is 0 Å². The summed E-state index contributed by atoms with van der Waals surface area (Å²) in [6.45, 7) is 13.5. The maximum Gasteiger partial charge on any atom is 0.335 e. The van der Waals surface area contributed by atoms with Crippen molar-refractivity contribution in [2.24, 2.45) is 9.98 Å². The van der Waals surface area contributed by atoms with Gasteiger partial charge in [0.1, 0.15) is 5.75 Å². The molecule has 0 fully saturated rings. The molecule has 0 aliphatic heterocycles. The number of aromatic nitrogens is 1. The number of ether oxygens (including phenoxy) is 1. The lowest BCUT2D eigenvalue weighted by molar-refractivity contribution is 0.0696. The summed E-state index contributed by atoms with van der Waals surface area (Å²) in [6, 6.07) is 4.78. The number of rotatable bonds is 8. The first-order valence-corrected chi connectivity index (χ1v) is 8.77. The summed E-state index contributed by atoms with van der Waals surface area (Å²) in [7, 11) is 0. The van der Waals surface area contributed by atoms with Crippen LogP contribution >= 0.6 is 11.3 Å². The Bertz CT molecular complexity index is 880. The molecule has 1 heterocycles. The van der Waals surface area contributed by atoms with Crippen molar-refractivity contribution in [3.8, 4) is 5.75 Å². The molecule has 0 bridgehead atoms. The Kier molecular flexibility index (Phi) is 6.41. The molecule has 0 aliphatic carbocycles. The van der Waals surface area contributed by atoms with Crippen molar-refractivity contribution in [2.45, 2.75) is 27.2 Å². The highest BCUT2D eigenvalue weighted by Gasteiger charge is 2.14. The summed E-state index contributed by atoms with van der Waals surface area (Å²) in [4.78, 5) is 24.7. The number of carboxylic acid groups (broad SMARTS) is 1. The molecular weight excluding hydrogens is 350 g/mol. The normalized spacial score (nSPS) is 10.3. The van der Waals surface area contributed by atoms with Gasteiger partial charge in [-0.25, -0.2) is 14.8 Å². The Labute approximate surface area is 156 Å². The maximum atomic E-state index is 11.0. The molecule has 0 atom stereocenters. The number of nitrogens with zero attached hydrogens (tertiary/aromatic N) is 3.